The third-order valence-corrected chi connectivity index (χ3v) is 5.34. The van der Waals surface area contributed by atoms with E-state index in [1.807, 2.05) is 11.6 Å². The predicted molar refractivity (Wildman–Crippen MR) is 83.9 cm³/mol. The first kappa shape index (κ1) is 17.1. The maximum Gasteiger partial charge on any atom is 0.337 e. The fourth-order valence-corrected chi connectivity index (χ4v) is 3.55. The molecular formula is C14H14N2O5S2. The van der Waals surface area contributed by atoms with Crippen LogP contribution in [0.1, 0.15) is 32.0 Å². The van der Waals surface area contributed by atoms with E-state index in [-0.39, 0.29) is 15.3 Å². The van der Waals surface area contributed by atoms with Crippen molar-refractivity contribution < 1.29 is 22.7 Å². The molecule has 0 atom stereocenters. The Labute approximate surface area is 137 Å². The first-order valence-corrected chi connectivity index (χ1v) is 8.87. The molecule has 1 aromatic carbocycles. The van der Waals surface area contributed by atoms with Gasteiger partial charge in [0.05, 0.1) is 28.8 Å². The maximum absolute atomic E-state index is 12.3. The summed E-state index contributed by atoms with van der Waals surface area (Å²) in [5.74, 6) is -1.42. The molecule has 1 N–H and O–H groups in total. The Morgan fingerprint density at radius 1 is 1.35 bits per heavy atom. The van der Waals surface area contributed by atoms with Gasteiger partial charge in [-0.1, -0.05) is 13.0 Å². The molecule has 0 radical (unpaired) electrons. The van der Waals surface area contributed by atoms with Crippen LogP contribution in [0.3, 0.4) is 0 Å². The molecule has 2 rings (SSSR count). The van der Waals surface area contributed by atoms with Crippen LogP contribution >= 0.6 is 11.3 Å². The number of carbonyl (C=O) groups is 2. The van der Waals surface area contributed by atoms with Gasteiger partial charge in [-0.05, 0) is 24.6 Å². The van der Waals surface area contributed by atoms with Crippen molar-refractivity contribution in [3.63, 3.8) is 0 Å². The lowest BCUT2D eigenvalue weighted by Gasteiger charge is -2.07. The van der Waals surface area contributed by atoms with Crippen molar-refractivity contribution in [2.45, 2.75) is 18.2 Å². The SMILES string of the molecule is CCc1ncc(C(=O)NS(=O)(=O)c2cccc(C(=O)OC)c2)s1. The van der Waals surface area contributed by atoms with E-state index in [1.165, 1.54) is 31.5 Å². The smallest absolute Gasteiger partial charge is 0.337 e. The molecule has 2 aromatic rings. The summed E-state index contributed by atoms with van der Waals surface area (Å²) in [6.07, 6.45) is 1.99. The lowest BCUT2D eigenvalue weighted by atomic mass is 10.2. The highest BCUT2D eigenvalue weighted by molar-refractivity contribution is 7.90. The number of aromatic nitrogens is 1. The van der Waals surface area contributed by atoms with Crippen LogP contribution in [0.4, 0.5) is 0 Å². The molecule has 0 fully saturated rings. The van der Waals surface area contributed by atoms with Gasteiger partial charge in [0.1, 0.15) is 4.88 Å². The van der Waals surface area contributed by atoms with Gasteiger partial charge >= 0.3 is 5.97 Å². The van der Waals surface area contributed by atoms with E-state index < -0.39 is 21.9 Å². The zero-order valence-electron chi connectivity index (χ0n) is 12.4. The average Bonchev–Trinajstić information content (AvgIpc) is 3.03. The molecule has 0 unspecified atom stereocenters. The molecule has 7 nitrogen and oxygen atoms in total. The highest BCUT2D eigenvalue weighted by Crippen LogP contribution is 2.16. The van der Waals surface area contributed by atoms with E-state index in [0.29, 0.717) is 6.42 Å². The van der Waals surface area contributed by atoms with Crippen LogP contribution in [-0.4, -0.2) is 32.4 Å². The molecule has 0 aliphatic rings. The largest absolute Gasteiger partial charge is 0.465 e. The zero-order chi connectivity index (χ0) is 17.0. The molecule has 1 amide bonds. The van der Waals surface area contributed by atoms with Gasteiger partial charge in [-0.2, -0.15) is 0 Å². The highest BCUT2D eigenvalue weighted by Gasteiger charge is 2.21. The van der Waals surface area contributed by atoms with Gasteiger partial charge in [0.15, 0.2) is 0 Å². The highest BCUT2D eigenvalue weighted by atomic mass is 32.2. The fraction of sp³-hybridized carbons (Fsp3) is 0.214. The number of hydrogen-bond donors (Lipinski definition) is 1. The van der Waals surface area contributed by atoms with E-state index in [0.717, 1.165) is 22.4 Å². The number of thiazole rings is 1. The Hall–Kier alpha value is -2.26. The van der Waals surface area contributed by atoms with Crippen molar-refractivity contribution >= 4 is 33.2 Å². The number of benzene rings is 1. The molecule has 0 bridgehead atoms. The second kappa shape index (κ2) is 6.88. The number of ether oxygens (including phenoxy) is 1. The number of hydrogen-bond acceptors (Lipinski definition) is 7. The van der Waals surface area contributed by atoms with E-state index in [4.69, 9.17) is 0 Å². The standard InChI is InChI=1S/C14H14N2O5S2/c1-3-12-15-8-11(22-12)13(17)16-23(19,20)10-6-4-5-9(7-10)14(18)21-2/h4-8H,3H2,1-2H3,(H,16,17). The van der Waals surface area contributed by atoms with Gasteiger partial charge < -0.3 is 4.74 Å². The molecule has 0 spiro atoms. The lowest BCUT2D eigenvalue weighted by Crippen LogP contribution is -2.30. The fourth-order valence-electron chi connectivity index (χ4n) is 1.72. The van der Waals surface area contributed by atoms with Gasteiger partial charge in [-0.3, -0.25) is 4.79 Å². The number of esters is 1. The lowest BCUT2D eigenvalue weighted by molar-refractivity contribution is 0.0600. The Morgan fingerprint density at radius 2 is 2.09 bits per heavy atom. The van der Waals surface area contributed by atoms with E-state index in [2.05, 4.69) is 9.72 Å². The quantitative estimate of drug-likeness (QED) is 0.819. The van der Waals surface area contributed by atoms with Crippen molar-refractivity contribution in [1.82, 2.24) is 9.71 Å². The molecule has 0 saturated heterocycles. The van der Waals surface area contributed by atoms with Crippen molar-refractivity contribution in [3.8, 4) is 0 Å². The van der Waals surface area contributed by atoms with Crippen LogP contribution in [0.2, 0.25) is 0 Å². The van der Waals surface area contributed by atoms with Gasteiger partial charge in [-0.25, -0.2) is 22.9 Å². The number of sulfonamides is 1. The minimum absolute atomic E-state index is 0.0777. The number of aryl methyl sites for hydroxylation is 1. The molecule has 23 heavy (non-hydrogen) atoms. The number of amides is 1. The van der Waals surface area contributed by atoms with Crippen LogP contribution in [-0.2, 0) is 21.2 Å². The Kier molecular flexibility index (Phi) is 5.12. The van der Waals surface area contributed by atoms with Crippen LogP contribution < -0.4 is 4.72 Å². The van der Waals surface area contributed by atoms with Crippen molar-refractivity contribution in [2.75, 3.05) is 7.11 Å². The van der Waals surface area contributed by atoms with Crippen molar-refractivity contribution in [2.24, 2.45) is 0 Å². The third-order valence-electron chi connectivity index (χ3n) is 2.87. The van der Waals surface area contributed by atoms with Gasteiger partial charge in [0.25, 0.3) is 15.9 Å². The first-order valence-electron chi connectivity index (χ1n) is 6.57. The zero-order valence-corrected chi connectivity index (χ0v) is 14.0. The molecule has 1 aromatic heterocycles. The number of carbonyl (C=O) groups excluding carboxylic acids is 2. The number of nitrogens with zero attached hydrogens (tertiary/aromatic N) is 1. The summed E-state index contributed by atoms with van der Waals surface area (Å²) >= 11 is 1.13. The van der Waals surface area contributed by atoms with Gasteiger partial charge in [0, 0.05) is 0 Å². The van der Waals surface area contributed by atoms with Crippen molar-refractivity contribution in [3.05, 3.63) is 45.9 Å². The average molecular weight is 354 g/mol. The number of methoxy groups -OCH3 is 1. The van der Waals surface area contributed by atoms with E-state index in [9.17, 15) is 18.0 Å². The second-order valence-electron chi connectivity index (χ2n) is 4.43. The van der Waals surface area contributed by atoms with Crippen molar-refractivity contribution in [1.29, 1.82) is 0 Å². The Morgan fingerprint density at radius 3 is 2.70 bits per heavy atom. The van der Waals surface area contributed by atoms with E-state index >= 15 is 0 Å². The summed E-state index contributed by atoms with van der Waals surface area (Å²) in [4.78, 5) is 27.5. The second-order valence-corrected chi connectivity index (χ2v) is 7.22. The topological polar surface area (TPSA) is 102 Å². The van der Waals surface area contributed by atoms with Crippen LogP contribution in [0.15, 0.2) is 35.4 Å². The minimum atomic E-state index is -4.10. The third kappa shape index (κ3) is 3.93. The molecule has 122 valence electrons. The predicted octanol–water partition coefficient (Wildman–Crippen LogP) is 1.61. The number of rotatable bonds is 5. The molecule has 9 heteroatoms. The monoisotopic (exact) mass is 354 g/mol. The van der Waals surface area contributed by atoms with Crippen LogP contribution in [0.25, 0.3) is 0 Å². The molecule has 0 saturated carbocycles. The summed E-state index contributed by atoms with van der Waals surface area (Å²) in [7, 11) is -2.90. The Bertz CT molecular complexity index is 842. The molecule has 0 aliphatic carbocycles. The summed E-state index contributed by atoms with van der Waals surface area (Å²) in [6.45, 7) is 1.88. The summed E-state index contributed by atoms with van der Waals surface area (Å²) in [6, 6.07) is 5.24. The summed E-state index contributed by atoms with van der Waals surface area (Å²) < 4.78 is 31.0. The van der Waals surface area contributed by atoms with E-state index in [1.54, 1.807) is 0 Å². The van der Waals surface area contributed by atoms with Gasteiger partial charge in [0.2, 0.25) is 0 Å². The molecule has 1 heterocycles. The number of nitrogens with one attached hydrogen (secondary N) is 1. The minimum Gasteiger partial charge on any atom is -0.465 e. The maximum atomic E-state index is 12.3. The Balaban J connectivity index is 2.24. The normalized spacial score (nSPS) is 11.0. The summed E-state index contributed by atoms with van der Waals surface area (Å²) in [5.41, 5.74) is 0.0777. The molecular weight excluding hydrogens is 340 g/mol. The summed E-state index contributed by atoms with van der Waals surface area (Å²) in [5, 5.41) is 0.736. The molecule has 0 aliphatic heterocycles. The van der Waals surface area contributed by atoms with Crippen LogP contribution in [0, 0.1) is 0 Å². The first-order chi connectivity index (χ1) is 10.9. The van der Waals surface area contributed by atoms with Gasteiger partial charge in [-0.15, -0.1) is 11.3 Å². The van der Waals surface area contributed by atoms with Crippen LogP contribution in [0.5, 0.6) is 0 Å².